The van der Waals surface area contributed by atoms with Crippen molar-refractivity contribution in [2.45, 2.75) is 34.2 Å². The Morgan fingerprint density at radius 2 is 2.00 bits per heavy atom. The van der Waals surface area contributed by atoms with Crippen LogP contribution in [0.2, 0.25) is 0 Å². The molecule has 3 aromatic heterocycles. The van der Waals surface area contributed by atoms with Crippen LogP contribution in [0, 0.1) is 37.8 Å². The van der Waals surface area contributed by atoms with Gasteiger partial charge in [-0.05, 0) is 33.8 Å². The van der Waals surface area contributed by atoms with Gasteiger partial charge in [0.25, 0.3) is 0 Å². The summed E-state index contributed by atoms with van der Waals surface area (Å²) in [6, 6.07) is 1.82. The second-order valence-corrected chi connectivity index (χ2v) is 6.67. The predicted molar refractivity (Wildman–Crippen MR) is 93.6 cm³/mol. The summed E-state index contributed by atoms with van der Waals surface area (Å²) in [6.07, 6.45) is 1.72. The second-order valence-electron chi connectivity index (χ2n) is 5.79. The lowest BCUT2D eigenvalue weighted by molar-refractivity contribution is -0.386. The van der Waals surface area contributed by atoms with Crippen molar-refractivity contribution in [3.05, 3.63) is 56.1 Å². The quantitative estimate of drug-likeness (QED) is 0.396. The normalized spacial score (nSPS) is 11.0. The maximum absolute atomic E-state index is 12.8. The average molecular weight is 359 g/mol. The maximum Gasteiger partial charge on any atom is 0.312 e. The van der Waals surface area contributed by atoms with Gasteiger partial charge >= 0.3 is 5.69 Å². The highest BCUT2D eigenvalue weighted by atomic mass is 32.1. The third kappa shape index (κ3) is 2.86. The van der Waals surface area contributed by atoms with Gasteiger partial charge in [-0.25, -0.2) is 4.98 Å². The van der Waals surface area contributed by atoms with E-state index < -0.39 is 4.92 Å². The number of hydrogen-bond donors (Lipinski definition) is 0. The van der Waals surface area contributed by atoms with Crippen LogP contribution in [0.5, 0.6) is 0 Å². The molecule has 0 aliphatic carbocycles. The van der Waals surface area contributed by atoms with E-state index in [0.717, 1.165) is 16.5 Å². The molecule has 9 heteroatoms. The molecule has 3 heterocycles. The number of nitrogens with zero attached hydrogens (tertiary/aromatic N) is 5. The van der Waals surface area contributed by atoms with Gasteiger partial charge in [-0.2, -0.15) is 5.10 Å². The fraction of sp³-hybridized carbons (Fsp3) is 0.312. The highest BCUT2D eigenvalue weighted by molar-refractivity contribution is 7.12. The van der Waals surface area contributed by atoms with Gasteiger partial charge in [0.15, 0.2) is 10.9 Å². The Kier molecular flexibility index (Phi) is 4.25. The lowest BCUT2D eigenvalue weighted by Gasteiger charge is -2.06. The predicted octanol–water partition coefficient (Wildman–Crippen LogP) is 3.16. The van der Waals surface area contributed by atoms with E-state index in [9.17, 15) is 14.9 Å². The molecule has 0 unspecified atom stereocenters. The van der Waals surface area contributed by atoms with Gasteiger partial charge in [-0.1, -0.05) is 0 Å². The van der Waals surface area contributed by atoms with E-state index in [1.54, 1.807) is 20.0 Å². The van der Waals surface area contributed by atoms with Gasteiger partial charge in [-0.15, -0.1) is 11.3 Å². The first-order valence-corrected chi connectivity index (χ1v) is 8.49. The van der Waals surface area contributed by atoms with Gasteiger partial charge in [-0.3, -0.25) is 24.2 Å². The van der Waals surface area contributed by atoms with E-state index in [1.807, 2.05) is 29.9 Å². The summed E-state index contributed by atoms with van der Waals surface area (Å²) in [5, 5.41) is 17.9. The number of aryl methyl sites for hydroxylation is 2. The maximum atomic E-state index is 12.8. The molecule has 0 N–H and O–H groups in total. The third-order valence-electron chi connectivity index (χ3n) is 4.16. The molecule has 25 heavy (non-hydrogen) atoms. The molecule has 130 valence electrons. The number of Topliss-reactive ketones (excluding diaryl/α,β-unsaturated/α-hetero) is 1. The number of rotatable bonds is 5. The van der Waals surface area contributed by atoms with Crippen LogP contribution in [0.15, 0.2) is 17.6 Å². The fourth-order valence-electron chi connectivity index (χ4n) is 2.99. The van der Waals surface area contributed by atoms with Crippen LogP contribution in [0.3, 0.4) is 0 Å². The Bertz CT molecular complexity index is 969. The molecule has 0 fully saturated rings. The molecular formula is C16H17N5O3S. The number of ketones is 1. The Hall–Kier alpha value is -2.81. The summed E-state index contributed by atoms with van der Waals surface area (Å²) >= 11 is 1.49. The van der Waals surface area contributed by atoms with Gasteiger partial charge in [0, 0.05) is 28.5 Å². The lowest BCUT2D eigenvalue weighted by Crippen LogP contribution is -2.14. The molecule has 0 radical (unpaired) electrons. The smallest absolute Gasteiger partial charge is 0.294 e. The van der Waals surface area contributed by atoms with Gasteiger partial charge in [0.2, 0.25) is 0 Å². The largest absolute Gasteiger partial charge is 0.312 e. The average Bonchev–Trinajstić information content (AvgIpc) is 3.20. The van der Waals surface area contributed by atoms with E-state index in [4.69, 9.17) is 0 Å². The Labute approximate surface area is 147 Å². The zero-order valence-corrected chi connectivity index (χ0v) is 15.1. The molecular weight excluding hydrogens is 342 g/mol. The van der Waals surface area contributed by atoms with Gasteiger partial charge in [0.05, 0.1) is 4.92 Å². The summed E-state index contributed by atoms with van der Waals surface area (Å²) in [5.74, 6) is -0.142. The van der Waals surface area contributed by atoms with Crippen molar-refractivity contribution in [1.82, 2.24) is 19.3 Å². The van der Waals surface area contributed by atoms with E-state index in [1.165, 1.54) is 16.0 Å². The Morgan fingerprint density at radius 3 is 2.56 bits per heavy atom. The van der Waals surface area contributed by atoms with E-state index in [0.29, 0.717) is 17.0 Å². The third-order valence-corrected chi connectivity index (χ3v) is 4.92. The second kappa shape index (κ2) is 6.25. The minimum atomic E-state index is -0.465. The van der Waals surface area contributed by atoms with Crippen molar-refractivity contribution in [2.75, 3.05) is 0 Å². The minimum Gasteiger partial charge on any atom is -0.294 e. The topological polar surface area (TPSA) is 95.8 Å². The van der Waals surface area contributed by atoms with Crippen LogP contribution in [-0.2, 0) is 6.54 Å². The number of nitro groups is 1. The minimum absolute atomic E-state index is 0.0390. The van der Waals surface area contributed by atoms with Crippen molar-refractivity contribution in [2.24, 2.45) is 0 Å². The molecule has 0 aliphatic heterocycles. The molecule has 8 nitrogen and oxygen atoms in total. The molecule has 0 spiro atoms. The molecule has 3 rings (SSSR count). The number of carbonyl (C=O) groups is 1. The van der Waals surface area contributed by atoms with Crippen molar-refractivity contribution in [3.8, 4) is 5.13 Å². The van der Waals surface area contributed by atoms with Crippen molar-refractivity contribution in [3.63, 3.8) is 0 Å². The molecule has 0 saturated carbocycles. The number of aromatic nitrogens is 4. The molecule has 0 atom stereocenters. The monoisotopic (exact) mass is 359 g/mol. The van der Waals surface area contributed by atoms with Crippen molar-refractivity contribution >= 4 is 22.8 Å². The van der Waals surface area contributed by atoms with Crippen LogP contribution in [-0.4, -0.2) is 30.0 Å². The summed E-state index contributed by atoms with van der Waals surface area (Å²) in [6.45, 7) is 6.91. The molecule has 0 amide bonds. The molecule has 0 bridgehead atoms. The first-order chi connectivity index (χ1) is 11.8. The van der Waals surface area contributed by atoms with Gasteiger partial charge in [0.1, 0.15) is 17.9 Å². The summed E-state index contributed by atoms with van der Waals surface area (Å²) in [7, 11) is 0. The number of carbonyl (C=O) groups excluding carboxylic acids is 1. The van der Waals surface area contributed by atoms with E-state index in [-0.39, 0.29) is 18.0 Å². The lowest BCUT2D eigenvalue weighted by atomic mass is 10.1. The highest BCUT2D eigenvalue weighted by Crippen LogP contribution is 2.25. The van der Waals surface area contributed by atoms with Crippen molar-refractivity contribution < 1.29 is 9.72 Å². The highest BCUT2D eigenvalue weighted by Gasteiger charge is 2.24. The van der Waals surface area contributed by atoms with Crippen LogP contribution in [0.25, 0.3) is 5.13 Å². The van der Waals surface area contributed by atoms with Crippen LogP contribution >= 0.6 is 11.3 Å². The van der Waals surface area contributed by atoms with E-state index in [2.05, 4.69) is 10.1 Å². The zero-order chi connectivity index (χ0) is 18.3. The Balaban J connectivity index is 1.95. The number of hydrogen-bond acceptors (Lipinski definition) is 6. The summed E-state index contributed by atoms with van der Waals surface area (Å²) in [4.78, 5) is 27.7. The fourth-order valence-corrected chi connectivity index (χ4v) is 3.74. The summed E-state index contributed by atoms with van der Waals surface area (Å²) in [5.41, 5.74) is 2.93. The molecule has 0 aliphatic rings. The van der Waals surface area contributed by atoms with E-state index >= 15 is 0 Å². The first kappa shape index (κ1) is 17.0. The number of thiazole rings is 1. The molecule has 0 aromatic carbocycles. The zero-order valence-electron chi connectivity index (χ0n) is 14.3. The first-order valence-electron chi connectivity index (χ1n) is 7.61. The van der Waals surface area contributed by atoms with Crippen LogP contribution in [0.1, 0.15) is 33.1 Å². The van der Waals surface area contributed by atoms with Crippen LogP contribution < -0.4 is 0 Å². The van der Waals surface area contributed by atoms with Crippen LogP contribution in [0.4, 0.5) is 5.69 Å². The molecule has 0 saturated heterocycles. The van der Waals surface area contributed by atoms with Gasteiger partial charge < -0.3 is 0 Å². The SMILES string of the molecule is Cc1nn(CC(=O)c2cc(C)n(-c3nccs3)c2C)c(C)c1[N+](=O)[O-]. The summed E-state index contributed by atoms with van der Waals surface area (Å²) < 4.78 is 3.33. The Morgan fingerprint density at radius 1 is 1.28 bits per heavy atom. The standard InChI is InChI=1S/C16H17N5O3S/c1-9-7-13(11(3)20(9)16-17-5-6-25-16)14(22)8-19-12(4)15(21(23)24)10(2)18-19/h5-7H,8H2,1-4H3. The molecule has 3 aromatic rings. The van der Waals surface area contributed by atoms with Crippen molar-refractivity contribution in [1.29, 1.82) is 0 Å².